The standard InChI is InChI=1S/C12H18N2O/c1-9-8-11(15)14-12(13-9)10-6-4-2-3-5-7-10/h8,10H,2-7H2,1H3,(H,13,14,15). The summed E-state index contributed by atoms with van der Waals surface area (Å²) in [5, 5.41) is 0. The van der Waals surface area contributed by atoms with Gasteiger partial charge in [-0.3, -0.25) is 4.79 Å². The zero-order valence-corrected chi connectivity index (χ0v) is 9.25. The lowest BCUT2D eigenvalue weighted by atomic mass is 9.99. The second-order valence-electron chi connectivity index (χ2n) is 4.46. The van der Waals surface area contributed by atoms with Crippen LogP contribution in [0.4, 0.5) is 0 Å². The summed E-state index contributed by atoms with van der Waals surface area (Å²) in [4.78, 5) is 18.7. The quantitative estimate of drug-likeness (QED) is 0.718. The summed E-state index contributed by atoms with van der Waals surface area (Å²) in [6, 6.07) is 1.56. The molecule has 2 rings (SSSR count). The zero-order valence-electron chi connectivity index (χ0n) is 9.25. The summed E-state index contributed by atoms with van der Waals surface area (Å²) in [7, 11) is 0. The molecule has 0 saturated heterocycles. The third kappa shape index (κ3) is 2.67. The summed E-state index contributed by atoms with van der Waals surface area (Å²) >= 11 is 0. The Balaban J connectivity index is 2.23. The zero-order chi connectivity index (χ0) is 10.7. The van der Waals surface area contributed by atoms with E-state index in [0.29, 0.717) is 5.92 Å². The molecule has 1 aromatic heterocycles. The van der Waals surface area contributed by atoms with Crippen molar-refractivity contribution in [2.24, 2.45) is 0 Å². The highest BCUT2D eigenvalue weighted by molar-refractivity contribution is 5.04. The van der Waals surface area contributed by atoms with E-state index in [0.717, 1.165) is 11.5 Å². The molecule has 1 heterocycles. The molecule has 15 heavy (non-hydrogen) atoms. The van der Waals surface area contributed by atoms with Crippen LogP contribution < -0.4 is 5.56 Å². The summed E-state index contributed by atoms with van der Waals surface area (Å²) in [6.45, 7) is 1.88. The second kappa shape index (κ2) is 4.60. The van der Waals surface area contributed by atoms with Gasteiger partial charge in [-0.1, -0.05) is 25.7 Å². The number of aryl methyl sites for hydroxylation is 1. The molecule has 1 N–H and O–H groups in total. The fraction of sp³-hybridized carbons (Fsp3) is 0.667. The van der Waals surface area contributed by atoms with Crippen LogP contribution in [0.1, 0.15) is 56.0 Å². The number of nitrogens with one attached hydrogen (secondary N) is 1. The molecule has 0 aliphatic heterocycles. The van der Waals surface area contributed by atoms with Crippen LogP contribution in [0, 0.1) is 6.92 Å². The second-order valence-corrected chi connectivity index (χ2v) is 4.46. The first-order valence-corrected chi connectivity index (χ1v) is 5.83. The van der Waals surface area contributed by atoms with Crippen molar-refractivity contribution in [1.82, 2.24) is 9.97 Å². The molecule has 0 radical (unpaired) electrons. The maximum absolute atomic E-state index is 11.3. The molecule has 1 aliphatic carbocycles. The lowest BCUT2D eigenvalue weighted by Gasteiger charge is -2.12. The monoisotopic (exact) mass is 206 g/mol. The average molecular weight is 206 g/mol. The van der Waals surface area contributed by atoms with Crippen LogP contribution >= 0.6 is 0 Å². The molecule has 1 saturated carbocycles. The van der Waals surface area contributed by atoms with Gasteiger partial charge in [0.25, 0.3) is 5.56 Å². The van der Waals surface area contributed by atoms with Gasteiger partial charge in [-0.15, -0.1) is 0 Å². The van der Waals surface area contributed by atoms with Gasteiger partial charge in [-0.25, -0.2) is 4.98 Å². The van der Waals surface area contributed by atoms with Crippen LogP contribution in [-0.2, 0) is 0 Å². The number of hydrogen-bond acceptors (Lipinski definition) is 2. The van der Waals surface area contributed by atoms with E-state index in [1.54, 1.807) is 6.07 Å². The number of hydrogen-bond donors (Lipinski definition) is 1. The molecule has 1 aliphatic rings. The molecule has 82 valence electrons. The molecule has 1 fully saturated rings. The predicted octanol–water partition coefficient (Wildman–Crippen LogP) is 2.52. The van der Waals surface area contributed by atoms with Crippen molar-refractivity contribution in [3.63, 3.8) is 0 Å². The molecule has 3 heteroatoms. The van der Waals surface area contributed by atoms with Crippen LogP contribution in [0.3, 0.4) is 0 Å². The number of nitrogens with zero attached hydrogens (tertiary/aromatic N) is 1. The van der Waals surface area contributed by atoms with E-state index in [-0.39, 0.29) is 5.56 Å². The Morgan fingerprint density at radius 1 is 1.27 bits per heavy atom. The van der Waals surface area contributed by atoms with E-state index in [1.807, 2.05) is 6.92 Å². The smallest absolute Gasteiger partial charge is 0.251 e. The molecule has 0 amide bonds. The molecule has 1 aromatic rings. The van der Waals surface area contributed by atoms with Gasteiger partial charge in [0.2, 0.25) is 0 Å². The SMILES string of the molecule is Cc1cc(=O)[nH]c(C2CCCCCC2)n1. The molecule has 3 nitrogen and oxygen atoms in total. The summed E-state index contributed by atoms with van der Waals surface area (Å²) < 4.78 is 0. The fourth-order valence-electron chi connectivity index (χ4n) is 2.35. The van der Waals surface area contributed by atoms with Crippen LogP contribution in [0.2, 0.25) is 0 Å². The van der Waals surface area contributed by atoms with Gasteiger partial charge in [0.15, 0.2) is 0 Å². The summed E-state index contributed by atoms with van der Waals surface area (Å²) in [6.07, 6.45) is 7.53. The van der Waals surface area contributed by atoms with Crippen molar-refractivity contribution >= 4 is 0 Å². The van der Waals surface area contributed by atoms with E-state index in [9.17, 15) is 4.79 Å². The Morgan fingerprint density at radius 2 is 1.93 bits per heavy atom. The van der Waals surface area contributed by atoms with Crippen molar-refractivity contribution in [3.05, 3.63) is 27.9 Å². The first-order chi connectivity index (χ1) is 7.25. The highest BCUT2D eigenvalue weighted by Gasteiger charge is 2.16. The minimum Gasteiger partial charge on any atom is -0.310 e. The van der Waals surface area contributed by atoms with Gasteiger partial charge in [0.1, 0.15) is 5.82 Å². The fourth-order valence-corrected chi connectivity index (χ4v) is 2.35. The number of H-pyrrole nitrogens is 1. The Kier molecular flexibility index (Phi) is 3.19. The Hall–Kier alpha value is -1.12. The van der Waals surface area contributed by atoms with E-state index in [2.05, 4.69) is 9.97 Å². The molecular weight excluding hydrogens is 188 g/mol. The van der Waals surface area contributed by atoms with Crippen molar-refractivity contribution in [1.29, 1.82) is 0 Å². The Bertz CT molecular complexity index is 375. The van der Waals surface area contributed by atoms with E-state index < -0.39 is 0 Å². The average Bonchev–Trinajstić information content (AvgIpc) is 2.43. The summed E-state index contributed by atoms with van der Waals surface area (Å²) in [5.41, 5.74) is 0.819. The minimum absolute atomic E-state index is 0.0123. The molecular formula is C12H18N2O. The van der Waals surface area contributed by atoms with Crippen LogP contribution in [-0.4, -0.2) is 9.97 Å². The number of aromatic amines is 1. The highest BCUT2D eigenvalue weighted by Crippen LogP contribution is 2.28. The lowest BCUT2D eigenvalue weighted by molar-refractivity contribution is 0.556. The molecule has 0 aromatic carbocycles. The van der Waals surface area contributed by atoms with Crippen LogP contribution in [0.25, 0.3) is 0 Å². The molecule has 0 bridgehead atoms. The van der Waals surface area contributed by atoms with Gasteiger partial charge in [0, 0.05) is 17.7 Å². The molecule has 0 atom stereocenters. The van der Waals surface area contributed by atoms with Gasteiger partial charge < -0.3 is 4.98 Å². The predicted molar refractivity (Wildman–Crippen MR) is 60.0 cm³/mol. The third-order valence-electron chi connectivity index (χ3n) is 3.13. The first-order valence-electron chi connectivity index (χ1n) is 5.83. The lowest BCUT2D eigenvalue weighted by Crippen LogP contribution is -2.14. The van der Waals surface area contributed by atoms with Gasteiger partial charge in [-0.05, 0) is 19.8 Å². The minimum atomic E-state index is -0.0123. The van der Waals surface area contributed by atoms with E-state index in [4.69, 9.17) is 0 Å². The maximum Gasteiger partial charge on any atom is 0.251 e. The van der Waals surface area contributed by atoms with Crippen LogP contribution in [0.5, 0.6) is 0 Å². The Morgan fingerprint density at radius 3 is 2.53 bits per heavy atom. The van der Waals surface area contributed by atoms with Gasteiger partial charge in [-0.2, -0.15) is 0 Å². The van der Waals surface area contributed by atoms with Crippen molar-refractivity contribution < 1.29 is 0 Å². The largest absolute Gasteiger partial charge is 0.310 e. The highest BCUT2D eigenvalue weighted by atomic mass is 16.1. The van der Waals surface area contributed by atoms with Crippen molar-refractivity contribution in [2.75, 3.05) is 0 Å². The maximum atomic E-state index is 11.3. The van der Waals surface area contributed by atoms with E-state index >= 15 is 0 Å². The Labute approximate surface area is 89.9 Å². The van der Waals surface area contributed by atoms with E-state index in [1.165, 1.54) is 38.5 Å². The molecule has 0 spiro atoms. The van der Waals surface area contributed by atoms with Crippen molar-refractivity contribution in [3.8, 4) is 0 Å². The molecule has 0 unspecified atom stereocenters. The first kappa shape index (κ1) is 10.4. The number of aromatic nitrogens is 2. The topological polar surface area (TPSA) is 45.8 Å². The normalized spacial score (nSPS) is 18.7. The third-order valence-corrected chi connectivity index (χ3v) is 3.13. The number of rotatable bonds is 1. The summed E-state index contributed by atoms with van der Waals surface area (Å²) in [5.74, 6) is 1.38. The van der Waals surface area contributed by atoms with Gasteiger partial charge >= 0.3 is 0 Å². The van der Waals surface area contributed by atoms with Gasteiger partial charge in [0.05, 0.1) is 0 Å². The van der Waals surface area contributed by atoms with Crippen LogP contribution in [0.15, 0.2) is 10.9 Å². The van der Waals surface area contributed by atoms with Crippen molar-refractivity contribution in [2.45, 2.75) is 51.4 Å².